The highest BCUT2D eigenvalue weighted by atomic mass is 16.3. The molecule has 5 rings (SSSR count). The molecule has 0 bridgehead atoms. The molecule has 3 N–H and O–H groups in total. The van der Waals surface area contributed by atoms with Gasteiger partial charge in [-0.25, -0.2) is 4.98 Å². The zero-order valence-electron chi connectivity index (χ0n) is 17.7. The van der Waals surface area contributed by atoms with Gasteiger partial charge >= 0.3 is 0 Å². The van der Waals surface area contributed by atoms with Gasteiger partial charge in [-0.15, -0.1) is 0 Å². The maximum atomic E-state index is 13.5. The first kappa shape index (κ1) is 20.5. The monoisotopic (exact) mass is 436 g/mol. The van der Waals surface area contributed by atoms with Crippen molar-refractivity contribution in [2.75, 3.05) is 5.32 Å². The second-order valence-corrected chi connectivity index (χ2v) is 7.60. The van der Waals surface area contributed by atoms with Crippen LogP contribution in [-0.2, 0) is 10.4 Å². The first-order valence-electron chi connectivity index (χ1n) is 10.3. The van der Waals surface area contributed by atoms with Crippen LogP contribution in [0.15, 0.2) is 85.5 Å². The van der Waals surface area contributed by atoms with Crippen LogP contribution < -0.4 is 5.32 Å². The molecule has 0 saturated heterocycles. The van der Waals surface area contributed by atoms with E-state index in [9.17, 15) is 9.90 Å². The predicted molar refractivity (Wildman–Crippen MR) is 124 cm³/mol. The van der Waals surface area contributed by atoms with Crippen molar-refractivity contribution in [3.8, 4) is 11.1 Å². The minimum absolute atomic E-state index is 0.122. The number of hydrogen-bond acceptors (Lipinski definition) is 6. The van der Waals surface area contributed by atoms with E-state index in [2.05, 4.69) is 30.5 Å². The lowest BCUT2D eigenvalue weighted by atomic mass is 9.91. The summed E-state index contributed by atoms with van der Waals surface area (Å²) < 4.78 is 0. The number of imidazole rings is 1. The van der Waals surface area contributed by atoms with Crippen molar-refractivity contribution < 1.29 is 9.90 Å². The van der Waals surface area contributed by atoms with Crippen LogP contribution >= 0.6 is 0 Å². The lowest BCUT2D eigenvalue weighted by molar-refractivity contribution is -0.131. The molecule has 0 unspecified atom stereocenters. The Morgan fingerprint density at radius 1 is 1.03 bits per heavy atom. The third kappa shape index (κ3) is 3.62. The molecule has 0 aliphatic carbocycles. The van der Waals surface area contributed by atoms with Crippen molar-refractivity contribution in [1.29, 1.82) is 0 Å². The predicted octanol–water partition coefficient (Wildman–Crippen LogP) is 3.60. The smallest absolute Gasteiger partial charge is 0.269 e. The average molecular weight is 436 g/mol. The van der Waals surface area contributed by atoms with Crippen molar-refractivity contribution in [1.82, 2.24) is 25.1 Å². The number of carbonyl (C=O) groups is 1. The first-order valence-corrected chi connectivity index (χ1v) is 10.3. The van der Waals surface area contributed by atoms with E-state index in [0.29, 0.717) is 16.9 Å². The number of fused-ring (bicyclic) bond motifs is 1. The minimum atomic E-state index is -2.02. The normalized spacial score (nSPS) is 12.9. The molecule has 1 atom stereocenters. The summed E-state index contributed by atoms with van der Waals surface area (Å²) in [6, 6.07) is 18.2. The fraction of sp³-hybridized carbons (Fsp3) is 0.0800. The first-order chi connectivity index (χ1) is 16.1. The summed E-state index contributed by atoms with van der Waals surface area (Å²) in [6.07, 6.45) is 6.45. The van der Waals surface area contributed by atoms with Crippen LogP contribution in [0.1, 0.15) is 17.1 Å². The average Bonchev–Trinajstić information content (AvgIpc) is 3.41. The Morgan fingerprint density at radius 2 is 1.82 bits per heavy atom. The highest BCUT2D eigenvalue weighted by Gasteiger charge is 2.42. The number of aromatic nitrogens is 5. The second kappa shape index (κ2) is 8.25. The second-order valence-electron chi connectivity index (χ2n) is 7.60. The number of carbonyl (C=O) groups excluding carboxylic acids is 1. The Morgan fingerprint density at radius 3 is 2.61 bits per heavy atom. The van der Waals surface area contributed by atoms with E-state index in [1.807, 2.05) is 36.4 Å². The Labute approximate surface area is 189 Å². The molecule has 0 saturated carbocycles. The molecule has 1 amide bonds. The molecular formula is C25H20N6O2. The van der Waals surface area contributed by atoms with Crippen LogP contribution in [0.5, 0.6) is 0 Å². The van der Waals surface area contributed by atoms with Gasteiger partial charge in [0, 0.05) is 40.7 Å². The number of benzene rings is 2. The number of H-pyrrole nitrogens is 1. The zero-order valence-corrected chi connectivity index (χ0v) is 17.7. The number of rotatable bonds is 5. The van der Waals surface area contributed by atoms with Crippen molar-refractivity contribution >= 4 is 22.5 Å². The van der Waals surface area contributed by atoms with E-state index < -0.39 is 11.5 Å². The number of aromatic amines is 1. The summed E-state index contributed by atoms with van der Waals surface area (Å²) >= 11 is 0. The van der Waals surface area contributed by atoms with E-state index >= 15 is 0 Å². The molecule has 3 heterocycles. The Bertz CT molecular complexity index is 1430. The summed E-state index contributed by atoms with van der Waals surface area (Å²) in [5, 5.41) is 23.6. The maximum absolute atomic E-state index is 13.5. The van der Waals surface area contributed by atoms with Gasteiger partial charge in [-0.3, -0.25) is 9.78 Å². The third-order valence-corrected chi connectivity index (χ3v) is 5.55. The van der Waals surface area contributed by atoms with E-state index in [0.717, 1.165) is 22.0 Å². The standard InChI is InChI=1S/C25H20N6O2/c1-16-22(13-17(14-28-16)20-15-29-31-21-10-6-5-9-19(20)21)30-24(32)25(33,23-26-11-12-27-23)18-7-3-2-4-8-18/h2-15,33H,1H3,(H,26,27)(H,30,32)/t25-/m1/s1. The van der Waals surface area contributed by atoms with Gasteiger partial charge in [0.1, 0.15) is 0 Å². The minimum Gasteiger partial charge on any atom is -0.369 e. The van der Waals surface area contributed by atoms with Gasteiger partial charge in [-0.05, 0) is 19.1 Å². The number of nitrogens with zero attached hydrogens (tertiary/aromatic N) is 4. The largest absolute Gasteiger partial charge is 0.369 e. The SMILES string of the molecule is Cc1ncc(-c2cnnc3ccccc23)cc1NC(=O)[C@@](O)(c1ccccc1)c1ncc[nH]1. The molecule has 2 aromatic carbocycles. The number of aryl methyl sites for hydroxylation is 1. The quantitative estimate of drug-likeness (QED) is 0.388. The van der Waals surface area contributed by atoms with Crippen molar-refractivity contribution in [3.05, 3.63) is 103 Å². The van der Waals surface area contributed by atoms with E-state index in [1.165, 1.54) is 6.20 Å². The summed E-state index contributed by atoms with van der Waals surface area (Å²) in [4.78, 5) is 25.0. The summed E-state index contributed by atoms with van der Waals surface area (Å²) in [5.41, 5.74) is 1.82. The molecule has 8 heteroatoms. The van der Waals surface area contributed by atoms with Crippen molar-refractivity contribution in [2.45, 2.75) is 12.5 Å². The van der Waals surface area contributed by atoms with Gasteiger partial charge in [-0.1, -0.05) is 48.5 Å². The highest BCUT2D eigenvalue weighted by Crippen LogP contribution is 2.32. The van der Waals surface area contributed by atoms with Crippen LogP contribution in [0, 0.1) is 6.92 Å². The number of hydrogen-bond donors (Lipinski definition) is 3. The van der Waals surface area contributed by atoms with Gasteiger partial charge in [0.2, 0.25) is 5.60 Å². The molecular weight excluding hydrogens is 416 g/mol. The summed E-state index contributed by atoms with van der Waals surface area (Å²) in [6.45, 7) is 1.79. The molecule has 3 aromatic heterocycles. The van der Waals surface area contributed by atoms with Crippen LogP contribution in [0.4, 0.5) is 5.69 Å². The molecule has 0 radical (unpaired) electrons. The molecule has 5 aromatic rings. The summed E-state index contributed by atoms with van der Waals surface area (Å²) in [5.74, 6) is -0.527. The van der Waals surface area contributed by atoms with Crippen LogP contribution in [0.3, 0.4) is 0 Å². The van der Waals surface area contributed by atoms with Gasteiger partial charge in [0.05, 0.1) is 23.1 Å². The lowest BCUT2D eigenvalue weighted by Gasteiger charge is -2.26. The van der Waals surface area contributed by atoms with E-state index in [1.54, 1.807) is 49.8 Å². The fourth-order valence-corrected chi connectivity index (χ4v) is 3.77. The Hall–Kier alpha value is -4.43. The number of aliphatic hydroxyl groups is 1. The Kier molecular flexibility index (Phi) is 5.12. The van der Waals surface area contributed by atoms with Gasteiger partial charge in [0.25, 0.3) is 5.91 Å². The van der Waals surface area contributed by atoms with Crippen molar-refractivity contribution in [3.63, 3.8) is 0 Å². The molecule has 162 valence electrons. The van der Waals surface area contributed by atoms with E-state index in [4.69, 9.17) is 0 Å². The van der Waals surface area contributed by atoms with Gasteiger partial charge < -0.3 is 15.4 Å². The topological polar surface area (TPSA) is 117 Å². The van der Waals surface area contributed by atoms with Crippen molar-refractivity contribution in [2.24, 2.45) is 0 Å². The lowest BCUT2D eigenvalue weighted by Crippen LogP contribution is -2.42. The molecule has 33 heavy (non-hydrogen) atoms. The zero-order chi connectivity index (χ0) is 22.8. The highest BCUT2D eigenvalue weighted by molar-refractivity contribution is 6.01. The maximum Gasteiger partial charge on any atom is 0.269 e. The van der Waals surface area contributed by atoms with Crippen LogP contribution in [-0.4, -0.2) is 36.2 Å². The molecule has 0 fully saturated rings. The number of nitrogens with one attached hydrogen (secondary N) is 2. The van der Waals surface area contributed by atoms with Gasteiger partial charge in [-0.2, -0.15) is 10.2 Å². The fourth-order valence-electron chi connectivity index (χ4n) is 3.77. The van der Waals surface area contributed by atoms with Crippen LogP contribution in [0.2, 0.25) is 0 Å². The van der Waals surface area contributed by atoms with E-state index in [-0.39, 0.29) is 5.82 Å². The number of amides is 1. The van der Waals surface area contributed by atoms with Gasteiger partial charge in [0.15, 0.2) is 5.82 Å². The van der Waals surface area contributed by atoms with Crippen LogP contribution in [0.25, 0.3) is 22.0 Å². The summed E-state index contributed by atoms with van der Waals surface area (Å²) in [7, 11) is 0. The molecule has 8 nitrogen and oxygen atoms in total. The Balaban J connectivity index is 1.56. The number of pyridine rings is 1. The third-order valence-electron chi connectivity index (χ3n) is 5.55. The molecule has 0 aliphatic heterocycles. The molecule has 0 spiro atoms. The molecule has 0 aliphatic rings. The number of anilines is 1.